The fourth-order valence-corrected chi connectivity index (χ4v) is 3.94. The van der Waals surface area contributed by atoms with Gasteiger partial charge in [-0.05, 0) is 49.8 Å². The lowest BCUT2D eigenvalue weighted by Gasteiger charge is -2.35. The molecule has 2 heterocycles. The van der Waals surface area contributed by atoms with Crippen molar-refractivity contribution in [1.29, 1.82) is 0 Å². The number of aryl methyl sites for hydroxylation is 1. The van der Waals surface area contributed by atoms with E-state index in [0.29, 0.717) is 36.7 Å². The maximum Gasteiger partial charge on any atom is 0.309 e. The Hall–Kier alpha value is -1.59. The van der Waals surface area contributed by atoms with Crippen LogP contribution in [0.5, 0.6) is 0 Å². The minimum absolute atomic E-state index is 0.00410. The number of halogens is 1. The molecule has 2 atom stereocenters. The molecule has 2 fully saturated rings. The number of benzene rings is 1. The van der Waals surface area contributed by atoms with Crippen molar-refractivity contribution in [2.24, 2.45) is 11.8 Å². The van der Waals surface area contributed by atoms with Crippen molar-refractivity contribution in [2.45, 2.75) is 32.3 Å². The zero-order valence-electron chi connectivity index (χ0n) is 13.7. The summed E-state index contributed by atoms with van der Waals surface area (Å²) in [6.07, 6.45) is 1.92. The van der Waals surface area contributed by atoms with Gasteiger partial charge in [0.1, 0.15) is 0 Å². The van der Waals surface area contributed by atoms with Gasteiger partial charge in [-0.2, -0.15) is 0 Å². The largest absolute Gasteiger partial charge is 0.481 e. The maximum atomic E-state index is 12.7. The maximum absolute atomic E-state index is 12.7. The van der Waals surface area contributed by atoms with Crippen molar-refractivity contribution in [3.8, 4) is 0 Å². The van der Waals surface area contributed by atoms with Crippen molar-refractivity contribution in [3.05, 3.63) is 34.3 Å². The molecule has 3 rings (SSSR count). The first kappa shape index (κ1) is 17.2. The van der Waals surface area contributed by atoms with E-state index in [1.165, 1.54) is 0 Å². The highest BCUT2D eigenvalue weighted by molar-refractivity contribution is 6.31. The van der Waals surface area contributed by atoms with Crippen LogP contribution in [0.15, 0.2) is 18.2 Å². The summed E-state index contributed by atoms with van der Waals surface area (Å²) in [6.45, 7) is 3.67. The number of aliphatic carboxylic acids is 1. The first-order valence-corrected chi connectivity index (χ1v) is 8.75. The van der Waals surface area contributed by atoms with E-state index >= 15 is 0 Å². The molecule has 0 aromatic heterocycles. The lowest BCUT2D eigenvalue weighted by Crippen LogP contribution is -2.43. The Morgan fingerprint density at radius 3 is 2.62 bits per heavy atom. The lowest BCUT2D eigenvalue weighted by molar-refractivity contribution is -0.145. The van der Waals surface area contributed by atoms with E-state index in [-0.39, 0.29) is 17.9 Å². The van der Waals surface area contributed by atoms with Gasteiger partial charge < -0.3 is 14.7 Å². The summed E-state index contributed by atoms with van der Waals surface area (Å²) < 4.78 is 5.68. The fourth-order valence-electron chi connectivity index (χ4n) is 3.77. The summed E-state index contributed by atoms with van der Waals surface area (Å²) in [5.41, 5.74) is 1.55. The molecule has 6 heteroatoms. The van der Waals surface area contributed by atoms with Gasteiger partial charge in [0, 0.05) is 30.3 Å². The van der Waals surface area contributed by atoms with Gasteiger partial charge in [0.25, 0.3) is 5.91 Å². The van der Waals surface area contributed by atoms with Crippen LogP contribution in [0.1, 0.15) is 35.2 Å². The number of hydrogen-bond acceptors (Lipinski definition) is 3. The second kappa shape index (κ2) is 7.11. The Labute approximate surface area is 146 Å². The van der Waals surface area contributed by atoms with E-state index in [1.807, 2.05) is 17.9 Å². The summed E-state index contributed by atoms with van der Waals surface area (Å²) in [5, 5.41) is 9.86. The molecule has 1 amide bonds. The third-order valence-corrected chi connectivity index (χ3v) is 5.41. The van der Waals surface area contributed by atoms with Gasteiger partial charge >= 0.3 is 5.97 Å². The number of ether oxygens (including phenoxy) is 1. The number of carboxylic acid groups (broad SMARTS) is 1. The molecule has 1 aromatic carbocycles. The summed E-state index contributed by atoms with van der Waals surface area (Å²) in [7, 11) is 0. The van der Waals surface area contributed by atoms with E-state index in [1.54, 1.807) is 12.1 Å². The third-order valence-electron chi connectivity index (χ3n) is 5.17. The van der Waals surface area contributed by atoms with E-state index in [9.17, 15) is 14.7 Å². The smallest absolute Gasteiger partial charge is 0.309 e. The number of carbonyl (C=O) groups is 2. The van der Waals surface area contributed by atoms with Gasteiger partial charge in [0.05, 0.1) is 12.0 Å². The first-order valence-electron chi connectivity index (χ1n) is 8.37. The number of nitrogens with zero attached hydrogens (tertiary/aromatic N) is 1. The van der Waals surface area contributed by atoms with Crippen LogP contribution in [-0.2, 0) is 9.53 Å². The van der Waals surface area contributed by atoms with Crippen LogP contribution in [0.2, 0.25) is 5.02 Å². The Morgan fingerprint density at radius 2 is 1.96 bits per heavy atom. The quantitative estimate of drug-likeness (QED) is 0.909. The van der Waals surface area contributed by atoms with Gasteiger partial charge in [-0.15, -0.1) is 0 Å². The highest BCUT2D eigenvalue weighted by Gasteiger charge is 2.40. The Bertz CT molecular complexity index is 640. The molecule has 0 bridgehead atoms. The van der Waals surface area contributed by atoms with Crippen molar-refractivity contribution in [3.63, 3.8) is 0 Å². The molecule has 0 saturated carbocycles. The molecule has 1 aromatic rings. The number of carbonyl (C=O) groups excluding carboxylic acids is 1. The molecule has 24 heavy (non-hydrogen) atoms. The molecule has 0 radical (unpaired) electrons. The summed E-state index contributed by atoms with van der Waals surface area (Å²) in [4.78, 5) is 25.9. The zero-order chi connectivity index (χ0) is 17.3. The Balaban J connectivity index is 1.63. The van der Waals surface area contributed by atoms with Crippen LogP contribution in [0.3, 0.4) is 0 Å². The number of carboxylic acids is 1. The molecule has 2 aliphatic heterocycles. The van der Waals surface area contributed by atoms with Crippen molar-refractivity contribution in [2.75, 3.05) is 19.7 Å². The molecule has 0 spiro atoms. The third kappa shape index (κ3) is 3.42. The van der Waals surface area contributed by atoms with Crippen LogP contribution < -0.4 is 0 Å². The summed E-state index contributed by atoms with van der Waals surface area (Å²) in [6, 6.07) is 5.35. The molecule has 5 nitrogen and oxygen atoms in total. The SMILES string of the molecule is Cc1ccc(Cl)cc1C(=O)N1CCC([C@@H]2OCCC2C(=O)O)CC1. The molecule has 2 saturated heterocycles. The number of likely N-dealkylation sites (tertiary alicyclic amines) is 1. The van der Waals surface area contributed by atoms with Crippen LogP contribution >= 0.6 is 11.6 Å². The van der Waals surface area contributed by atoms with Gasteiger partial charge in [0.2, 0.25) is 0 Å². The predicted molar refractivity (Wildman–Crippen MR) is 90.3 cm³/mol. The van der Waals surface area contributed by atoms with Gasteiger partial charge in [-0.25, -0.2) is 0 Å². The Kier molecular flexibility index (Phi) is 5.11. The standard InChI is InChI=1S/C18H22ClNO4/c1-11-2-3-13(19)10-15(11)17(21)20-7-4-12(5-8-20)16-14(18(22)23)6-9-24-16/h2-3,10,12,14,16H,4-9H2,1H3,(H,22,23)/t14?,16-/m0/s1. The average Bonchev–Trinajstić information content (AvgIpc) is 3.06. The Morgan fingerprint density at radius 1 is 1.25 bits per heavy atom. The summed E-state index contributed by atoms with van der Waals surface area (Å²) >= 11 is 6.01. The van der Waals surface area contributed by atoms with Crippen LogP contribution in [0.25, 0.3) is 0 Å². The molecular formula is C18H22ClNO4. The number of piperidine rings is 1. The minimum atomic E-state index is -0.773. The molecular weight excluding hydrogens is 330 g/mol. The van der Waals surface area contributed by atoms with Gasteiger partial charge in [-0.1, -0.05) is 17.7 Å². The van der Waals surface area contributed by atoms with E-state index < -0.39 is 11.9 Å². The first-order chi connectivity index (χ1) is 11.5. The van der Waals surface area contributed by atoms with E-state index in [2.05, 4.69) is 0 Å². The van der Waals surface area contributed by atoms with Gasteiger partial charge in [-0.3, -0.25) is 9.59 Å². The monoisotopic (exact) mass is 351 g/mol. The fraction of sp³-hybridized carbons (Fsp3) is 0.556. The van der Waals surface area contributed by atoms with Crippen molar-refractivity contribution < 1.29 is 19.4 Å². The topological polar surface area (TPSA) is 66.8 Å². The molecule has 1 unspecified atom stereocenters. The highest BCUT2D eigenvalue weighted by Crippen LogP contribution is 2.33. The molecule has 0 aliphatic carbocycles. The van der Waals surface area contributed by atoms with Crippen molar-refractivity contribution in [1.82, 2.24) is 4.90 Å². The lowest BCUT2D eigenvalue weighted by atomic mass is 9.84. The van der Waals surface area contributed by atoms with Gasteiger partial charge in [0.15, 0.2) is 0 Å². The zero-order valence-corrected chi connectivity index (χ0v) is 14.5. The summed E-state index contributed by atoms with van der Waals surface area (Å²) in [5.74, 6) is -0.980. The van der Waals surface area contributed by atoms with Crippen LogP contribution in [0.4, 0.5) is 0 Å². The number of amides is 1. The average molecular weight is 352 g/mol. The molecule has 2 aliphatic rings. The number of rotatable bonds is 3. The normalized spacial score (nSPS) is 25.0. The predicted octanol–water partition coefficient (Wildman–Crippen LogP) is 2.99. The van der Waals surface area contributed by atoms with Crippen LogP contribution in [-0.4, -0.2) is 47.7 Å². The molecule has 1 N–H and O–H groups in total. The van der Waals surface area contributed by atoms with Crippen molar-refractivity contribution >= 4 is 23.5 Å². The second-order valence-corrected chi connectivity index (χ2v) is 7.09. The van der Waals surface area contributed by atoms with Crippen LogP contribution in [0, 0.1) is 18.8 Å². The highest BCUT2D eigenvalue weighted by atomic mass is 35.5. The minimum Gasteiger partial charge on any atom is -0.481 e. The van der Waals surface area contributed by atoms with E-state index in [0.717, 1.165) is 18.4 Å². The van der Waals surface area contributed by atoms with E-state index in [4.69, 9.17) is 16.3 Å². The molecule has 130 valence electrons. The number of hydrogen-bond donors (Lipinski definition) is 1. The second-order valence-electron chi connectivity index (χ2n) is 6.66.